The highest BCUT2D eigenvalue weighted by Gasteiger charge is 2.36. The topological polar surface area (TPSA) is 91.4 Å². The molecule has 0 N–H and O–H groups in total. The van der Waals surface area contributed by atoms with Gasteiger partial charge in [0.1, 0.15) is 12.3 Å². The zero-order valence-corrected chi connectivity index (χ0v) is 15.7. The van der Waals surface area contributed by atoms with Crippen molar-refractivity contribution < 1.29 is 33.3 Å². The van der Waals surface area contributed by atoms with E-state index in [0.29, 0.717) is 22.8 Å². The normalized spacial score (nSPS) is 15.4. The molecule has 0 aliphatic carbocycles. The Kier molecular flexibility index (Phi) is 6.51. The number of rotatable bonds is 7. The zero-order chi connectivity index (χ0) is 19.3. The van der Waals surface area contributed by atoms with Crippen LogP contribution < -0.4 is 14.2 Å². The van der Waals surface area contributed by atoms with Gasteiger partial charge >= 0.3 is 5.97 Å². The summed E-state index contributed by atoms with van der Waals surface area (Å²) in [6, 6.07) is 3.25. The van der Waals surface area contributed by atoms with Gasteiger partial charge in [0.25, 0.3) is 11.1 Å². The lowest BCUT2D eigenvalue weighted by atomic mass is 10.1. The fraction of sp³-hybridized carbons (Fsp3) is 0.353. The lowest BCUT2D eigenvalue weighted by Crippen LogP contribution is -2.34. The molecule has 0 bridgehead atoms. The lowest BCUT2D eigenvalue weighted by molar-refractivity contribution is -0.145. The summed E-state index contributed by atoms with van der Waals surface area (Å²) in [6.07, 6.45) is 1.51. The van der Waals surface area contributed by atoms with Gasteiger partial charge in [0.2, 0.25) is 0 Å². The minimum absolute atomic E-state index is 0.171. The zero-order valence-electron chi connectivity index (χ0n) is 14.9. The highest BCUT2D eigenvalue weighted by molar-refractivity contribution is 8.18. The molecule has 1 aromatic carbocycles. The predicted molar refractivity (Wildman–Crippen MR) is 95.4 cm³/mol. The lowest BCUT2D eigenvalue weighted by Gasteiger charge is -2.12. The standard InChI is InChI=1S/C17H19NO7S/c1-5-25-15(19)9-18-16(20)14(26-17(18)21)7-10-6-12(23-3)13(24-4)8-11(10)22-2/h6-8H,5,9H2,1-4H3/b14-7-. The van der Waals surface area contributed by atoms with Crippen molar-refractivity contribution in [1.29, 1.82) is 0 Å². The minimum Gasteiger partial charge on any atom is -0.496 e. The molecule has 1 heterocycles. The molecule has 1 aliphatic heterocycles. The van der Waals surface area contributed by atoms with Crippen LogP contribution >= 0.6 is 11.8 Å². The SMILES string of the molecule is CCOC(=O)CN1C(=O)S/C(=C\c2cc(OC)c(OC)cc2OC)C1=O. The van der Waals surface area contributed by atoms with Gasteiger partial charge in [-0.25, -0.2) is 0 Å². The average molecular weight is 381 g/mol. The van der Waals surface area contributed by atoms with Crippen LogP contribution in [0.5, 0.6) is 17.2 Å². The molecule has 1 fully saturated rings. The third-order valence-corrected chi connectivity index (χ3v) is 4.40. The van der Waals surface area contributed by atoms with Crippen LogP contribution in [0.4, 0.5) is 4.79 Å². The van der Waals surface area contributed by atoms with Gasteiger partial charge in [-0.2, -0.15) is 0 Å². The molecule has 140 valence electrons. The molecule has 26 heavy (non-hydrogen) atoms. The number of amides is 2. The van der Waals surface area contributed by atoms with Crippen molar-refractivity contribution in [1.82, 2.24) is 4.90 Å². The van der Waals surface area contributed by atoms with E-state index in [1.165, 1.54) is 27.4 Å². The van der Waals surface area contributed by atoms with Gasteiger partial charge in [0.05, 0.1) is 32.8 Å². The van der Waals surface area contributed by atoms with Crippen molar-refractivity contribution in [3.63, 3.8) is 0 Å². The van der Waals surface area contributed by atoms with Crippen LogP contribution in [0.1, 0.15) is 12.5 Å². The summed E-state index contributed by atoms with van der Waals surface area (Å²) in [5.41, 5.74) is 0.534. The van der Waals surface area contributed by atoms with Gasteiger partial charge in [-0.15, -0.1) is 0 Å². The number of esters is 1. The fourth-order valence-corrected chi connectivity index (χ4v) is 3.11. The van der Waals surface area contributed by atoms with Crippen molar-refractivity contribution in [3.05, 3.63) is 22.6 Å². The summed E-state index contributed by atoms with van der Waals surface area (Å²) in [5, 5.41) is -0.534. The number of thioether (sulfide) groups is 1. The van der Waals surface area contributed by atoms with E-state index in [4.69, 9.17) is 18.9 Å². The highest BCUT2D eigenvalue weighted by atomic mass is 32.2. The molecular weight excluding hydrogens is 362 g/mol. The Bertz CT molecular complexity index is 760. The van der Waals surface area contributed by atoms with E-state index in [0.717, 1.165) is 16.7 Å². The largest absolute Gasteiger partial charge is 0.496 e. The summed E-state index contributed by atoms with van der Waals surface area (Å²) in [7, 11) is 4.46. The summed E-state index contributed by atoms with van der Waals surface area (Å²) in [5.74, 6) is 0.159. The smallest absolute Gasteiger partial charge is 0.326 e. The maximum atomic E-state index is 12.4. The molecule has 0 aromatic heterocycles. The molecule has 1 saturated heterocycles. The van der Waals surface area contributed by atoms with E-state index in [1.54, 1.807) is 19.1 Å². The van der Waals surface area contributed by atoms with E-state index in [2.05, 4.69) is 0 Å². The number of carbonyl (C=O) groups is 3. The summed E-state index contributed by atoms with van der Waals surface area (Å²) in [4.78, 5) is 37.1. The van der Waals surface area contributed by atoms with E-state index in [1.807, 2.05) is 0 Å². The van der Waals surface area contributed by atoms with Gasteiger partial charge in [-0.05, 0) is 30.8 Å². The number of nitrogens with zero attached hydrogens (tertiary/aromatic N) is 1. The van der Waals surface area contributed by atoms with Crippen LogP contribution in [0.25, 0.3) is 6.08 Å². The van der Waals surface area contributed by atoms with Crippen molar-refractivity contribution in [2.24, 2.45) is 0 Å². The second-order valence-electron chi connectivity index (χ2n) is 5.02. The Morgan fingerprint density at radius 2 is 1.69 bits per heavy atom. The number of carbonyl (C=O) groups excluding carboxylic acids is 3. The molecule has 2 amide bonds. The van der Waals surface area contributed by atoms with E-state index < -0.39 is 23.7 Å². The Hall–Kier alpha value is -2.68. The quantitative estimate of drug-likeness (QED) is 0.525. The molecular formula is C17H19NO7S. The highest BCUT2D eigenvalue weighted by Crippen LogP contribution is 2.38. The monoisotopic (exact) mass is 381 g/mol. The predicted octanol–water partition coefficient (Wildman–Crippen LogP) is 2.31. The average Bonchev–Trinajstić information content (AvgIpc) is 2.88. The number of methoxy groups -OCH3 is 3. The van der Waals surface area contributed by atoms with Gasteiger partial charge in [-0.1, -0.05) is 0 Å². The maximum absolute atomic E-state index is 12.4. The summed E-state index contributed by atoms with van der Waals surface area (Å²) in [6.45, 7) is 1.40. The van der Waals surface area contributed by atoms with E-state index >= 15 is 0 Å². The number of hydrogen-bond donors (Lipinski definition) is 0. The van der Waals surface area contributed by atoms with Gasteiger partial charge in [-0.3, -0.25) is 19.3 Å². The molecule has 0 radical (unpaired) electrons. The molecule has 2 rings (SSSR count). The molecule has 0 saturated carbocycles. The van der Waals surface area contributed by atoms with Crippen molar-refractivity contribution in [2.75, 3.05) is 34.5 Å². The van der Waals surface area contributed by atoms with Crippen molar-refractivity contribution >= 4 is 35.0 Å². The van der Waals surface area contributed by atoms with Crippen LogP contribution in [0, 0.1) is 0 Å². The number of hydrogen-bond acceptors (Lipinski definition) is 8. The number of imide groups is 1. The van der Waals surface area contributed by atoms with Crippen molar-refractivity contribution in [2.45, 2.75) is 6.92 Å². The van der Waals surface area contributed by atoms with Gasteiger partial charge < -0.3 is 18.9 Å². The maximum Gasteiger partial charge on any atom is 0.326 e. The molecule has 0 spiro atoms. The number of benzene rings is 1. The van der Waals surface area contributed by atoms with E-state index in [9.17, 15) is 14.4 Å². The molecule has 9 heteroatoms. The van der Waals surface area contributed by atoms with Gasteiger partial charge in [0, 0.05) is 11.6 Å². The molecule has 8 nitrogen and oxygen atoms in total. The third-order valence-electron chi connectivity index (χ3n) is 3.49. The van der Waals surface area contributed by atoms with Crippen LogP contribution in [0.15, 0.2) is 17.0 Å². The Labute approximate surface area is 155 Å². The molecule has 0 unspecified atom stereocenters. The Balaban J connectivity index is 2.33. The number of ether oxygens (including phenoxy) is 4. The van der Waals surface area contributed by atoms with Gasteiger partial charge in [0.15, 0.2) is 11.5 Å². The van der Waals surface area contributed by atoms with Crippen LogP contribution in [0.2, 0.25) is 0 Å². The Morgan fingerprint density at radius 3 is 2.27 bits per heavy atom. The first-order valence-corrected chi connectivity index (χ1v) is 8.47. The van der Waals surface area contributed by atoms with Crippen LogP contribution in [-0.4, -0.2) is 56.5 Å². The summed E-state index contributed by atoms with van der Waals surface area (Å²) < 4.78 is 20.6. The summed E-state index contributed by atoms with van der Waals surface area (Å²) >= 11 is 0.742. The minimum atomic E-state index is -0.639. The Morgan fingerprint density at radius 1 is 1.08 bits per heavy atom. The van der Waals surface area contributed by atoms with Crippen molar-refractivity contribution in [3.8, 4) is 17.2 Å². The third kappa shape index (κ3) is 4.10. The van der Waals surface area contributed by atoms with Crippen LogP contribution in [0.3, 0.4) is 0 Å². The molecule has 1 aliphatic rings. The van der Waals surface area contributed by atoms with Crippen LogP contribution in [-0.2, 0) is 14.3 Å². The van der Waals surface area contributed by atoms with E-state index in [-0.39, 0.29) is 11.5 Å². The first-order valence-electron chi connectivity index (χ1n) is 7.66. The second-order valence-corrected chi connectivity index (χ2v) is 6.02. The first-order chi connectivity index (χ1) is 12.4. The second kappa shape index (κ2) is 8.61. The fourth-order valence-electron chi connectivity index (χ4n) is 2.28. The first kappa shape index (κ1) is 19.6. The molecule has 1 aromatic rings. The molecule has 0 atom stereocenters.